The second-order valence-electron chi connectivity index (χ2n) is 3.82. The molecule has 0 aliphatic heterocycles. The van der Waals surface area contributed by atoms with Crippen molar-refractivity contribution in [3.63, 3.8) is 0 Å². The van der Waals surface area contributed by atoms with E-state index >= 15 is 0 Å². The maximum Gasteiger partial charge on any atom is 0.124 e. The van der Waals surface area contributed by atoms with Crippen LogP contribution in [0.4, 0.5) is 0 Å². The third-order valence-corrected chi connectivity index (χ3v) is 2.40. The molecule has 0 unspecified atom stereocenters. The van der Waals surface area contributed by atoms with Crippen molar-refractivity contribution in [2.24, 2.45) is 5.73 Å². The van der Waals surface area contributed by atoms with E-state index in [9.17, 15) is 5.11 Å². The highest BCUT2D eigenvalue weighted by Gasteiger charge is 2.11. The molecule has 0 bridgehead atoms. The Morgan fingerprint density at radius 2 is 1.69 bits per heavy atom. The molecule has 1 aromatic carbocycles. The van der Waals surface area contributed by atoms with Gasteiger partial charge in [0.25, 0.3) is 0 Å². The molecular formula is C12H19NO3. The predicted octanol–water partition coefficient (Wildman–Crippen LogP) is 1.09. The third kappa shape index (κ3) is 2.87. The van der Waals surface area contributed by atoms with Gasteiger partial charge < -0.3 is 20.3 Å². The molecule has 0 fully saturated rings. The first-order valence-electron chi connectivity index (χ1n) is 5.22. The molecule has 0 amide bonds. The average molecular weight is 225 g/mol. The first-order valence-corrected chi connectivity index (χ1v) is 5.22. The molecule has 0 aliphatic carbocycles. The SMILES string of the molecule is COc1cc(C[C@@H](C)N)c(OC)cc1CO. The van der Waals surface area contributed by atoms with Gasteiger partial charge in [0.1, 0.15) is 11.5 Å². The van der Waals surface area contributed by atoms with Gasteiger partial charge in [-0.15, -0.1) is 0 Å². The van der Waals surface area contributed by atoms with Crippen LogP contribution in [0.1, 0.15) is 18.1 Å². The lowest BCUT2D eigenvalue weighted by Crippen LogP contribution is -2.18. The van der Waals surface area contributed by atoms with E-state index < -0.39 is 0 Å². The summed E-state index contributed by atoms with van der Waals surface area (Å²) in [6, 6.07) is 3.71. The van der Waals surface area contributed by atoms with Crippen molar-refractivity contribution in [2.75, 3.05) is 14.2 Å². The summed E-state index contributed by atoms with van der Waals surface area (Å²) in [4.78, 5) is 0. The quantitative estimate of drug-likeness (QED) is 0.787. The van der Waals surface area contributed by atoms with Gasteiger partial charge >= 0.3 is 0 Å². The van der Waals surface area contributed by atoms with Crippen molar-refractivity contribution in [3.8, 4) is 11.5 Å². The molecule has 0 radical (unpaired) electrons. The number of rotatable bonds is 5. The molecule has 1 aromatic rings. The molecule has 0 saturated carbocycles. The van der Waals surface area contributed by atoms with Gasteiger partial charge in [0.05, 0.1) is 20.8 Å². The van der Waals surface area contributed by atoms with Gasteiger partial charge in [0.15, 0.2) is 0 Å². The van der Waals surface area contributed by atoms with Crippen LogP contribution in [0.15, 0.2) is 12.1 Å². The van der Waals surface area contributed by atoms with E-state index in [0.29, 0.717) is 17.7 Å². The van der Waals surface area contributed by atoms with Crippen LogP contribution in [-0.4, -0.2) is 25.4 Å². The van der Waals surface area contributed by atoms with E-state index in [4.69, 9.17) is 15.2 Å². The highest BCUT2D eigenvalue weighted by molar-refractivity contribution is 5.46. The Labute approximate surface area is 96.0 Å². The van der Waals surface area contributed by atoms with Gasteiger partial charge in [0.2, 0.25) is 0 Å². The van der Waals surface area contributed by atoms with Crippen LogP contribution in [0.25, 0.3) is 0 Å². The van der Waals surface area contributed by atoms with Crippen LogP contribution in [0.2, 0.25) is 0 Å². The van der Waals surface area contributed by atoms with Crippen LogP contribution in [0.5, 0.6) is 11.5 Å². The van der Waals surface area contributed by atoms with Crippen LogP contribution in [0, 0.1) is 0 Å². The Morgan fingerprint density at radius 3 is 2.12 bits per heavy atom. The lowest BCUT2D eigenvalue weighted by Gasteiger charge is -2.15. The summed E-state index contributed by atoms with van der Waals surface area (Å²) in [5.41, 5.74) is 7.47. The molecule has 0 heterocycles. The largest absolute Gasteiger partial charge is 0.496 e. The Bertz CT molecular complexity index is 350. The van der Waals surface area contributed by atoms with Crippen molar-refractivity contribution in [1.29, 1.82) is 0 Å². The molecule has 0 aromatic heterocycles. The van der Waals surface area contributed by atoms with E-state index in [2.05, 4.69) is 0 Å². The van der Waals surface area contributed by atoms with Crippen molar-refractivity contribution in [2.45, 2.75) is 26.0 Å². The van der Waals surface area contributed by atoms with E-state index in [1.165, 1.54) is 0 Å². The average Bonchev–Trinajstić information content (AvgIpc) is 2.27. The fraction of sp³-hybridized carbons (Fsp3) is 0.500. The lowest BCUT2D eigenvalue weighted by molar-refractivity contribution is 0.272. The molecule has 1 rings (SSSR count). The Hall–Kier alpha value is -1.26. The number of ether oxygens (including phenoxy) is 2. The van der Waals surface area contributed by atoms with Gasteiger partial charge in [0, 0.05) is 11.6 Å². The summed E-state index contributed by atoms with van der Waals surface area (Å²) < 4.78 is 10.5. The second-order valence-corrected chi connectivity index (χ2v) is 3.82. The molecule has 16 heavy (non-hydrogen) atoms. The molecule has 4 heteroatoms. The monoisotopic (exact) mass is 225 g/mol. The molecule has 0 aliphatic rings. The summed E-state index contributed by atoms with van der Waals surface area (Å²) in [5, 5.41) is 9.18. The summed E-state index contributed by atoms with van der Waals surface area (Å²) in [6.07, 6.45) is 0.714. The predicted molar refractivity (Wildman–Crippen MR) is 62.8 cm³/mol. The Balaban J connectivity index is 3.15. The Morgan fingerprint density at radius 1 is 1.19 bits per heavy atom. The zero-order valence-corrected chi connectivity index (χ0v) is 9.99. The maximum atomic E-state index is 9.18. The van der Waals surface area contributed by atoms with Crippen molar-refractivity contribution in [1.82, 2.24) is 0 Å². The minimum absolute atomic E-state index is 0.0542. The van der Waals surface area contributed by atoms with E-state index in [0.717, 1.165) is 11.3 Å². The number of hydrogen-bond acceptors (Lipinski definition) is 4. The topological polar surface area (TPSA) is 64.7 Å². The van der Waals surface area contributed by atoms with Crippen LogP contribution in [-0.2, 0) is 13.0 Å². The summed E-state index contributed by atoms with van der Waals surface area (Å²) in [6.45, 7) is 1.86. The number of benzene rings is 1. The zero-order valence-electron chi connectivity index (χ0n) is 9.99. The standard InChI is InChI=1S/C12H19NO3/c1-8(13)4-9-5-12(16-3)10(7-14)6-11(9)15-2/h5-6,8,14H,4,7,13H2,1-3H3/t8-/m1/s1. The first kappa shape index (κ1) is 12.8. The summed E-state index contributed by atoms with van der Waals surface area (Å²) in [5.74, 6) is 1.40. The summed E-state index contributed by atoms with van der Waals surface area (Å²) in [7, 11) is 3.18. The highest BCUT2D eigenvalue weighted by atomic mass is 16.5. The second kappa shape index (κ2) is 5.72. The minimum atomic E-state index is -0.0714. The number of aliphatic hydroxyl groups excluding tert-OH is 1. The number of hydrogen-bond donors (Lipinski definition) is 2. The highest BCUT2D eigenvalue weighted by Crippen LogP contribution is 2.29. The summed E-state index contributed by atoms with van der Waals surface area (Å²) >= 11 is 0. The fourth-order valence-corrected chi connectivity index (χ4v) is 1.65. The Kier molecular flexibility index (Phi) is 4.58. The van der Waals surface area contributed by atoms with E-state index in [-0.39, 0.29) is 12.6 Å². The van der Waals surface area contributed by atoms with Gasteiger partial charge in [-0.2, -0.15) is 0 Å². The van der Waals surface area contributed by atoms with Gasteiger partial charge in [-0.1, -0.05) is 0 Å². The molecule has 0 spiro atoms. The fourth-order valence-electron chi connectivity index (χ4n) is 1.65. The van der Waals surface area contributed by atoms with E-state index in [1.54, 1.807) is 20.3 Å². The van der Waals surface area contributed by atoms with Crippen LogP contribution in [0.3, 0.4) is 0 Å². The molecule has 1 atom stereocenters. The number of methoxy groups -OCH3 is 2. The van der Waals surface area contributed by atoms with E-state index in [1.807, 2.05) is 13.0 Å². The first-order chi connectivity index (χ1) is 7.62. The number of nitrogens with two attached hydrogens (primary N) is 1. The van der Waals surface area contributed by atoms with Gasteiger partial charge in [-0.05, 0) is 31.0 Å². The zero-order chi connectivity index (χ0) is 12.1. The van der Waals surface area contributed by atoms with Crippen LogP contribution < -0.4 is 15.2 Å². The molecule has 90 valence electrons. The molecular weight excluding hydrogens is 206 g/mol. The lowest BCUT2D eigenvalue weighted by atomic mass is 10.0. The smallest absolute Gasteiger partial charge is 0.124 e. The maximum absolute atomic E-state index is 9.18. The molecule has 0 saturated heterocycles. The van der Waals surface area contributed by atoms with Crippen LogP contribution >= 0.6 is 0 Å². The third-order valence-electron chi connectivity index (χ3n) is 2.40. The van der Waals surface area contributed by atoms with Gasteiger partial charge in [-0.25, -0.2) is 0 Å². The van der Waals surface area contributed by atoms with Crippen molar-refractivity contribution >= 4 is 0 Å². The number of aliphatic hydroxyl groups is 1. The van der Waals surface area contributed by atoms with Gasteiger partial charge in [-0.3, -0.25) is 0 Å². The molecule has 3 N–H and O–H groups in total. The molecule has 4 nitrogen and oxygen atoms in total. The minimum Gasteiger partial charge on any atom is -0.496 e. The van der Waals surface area contributed by atoms with Crippen molar-refractivity contribution < 1.29 is 14.6 Å². The normalized spacial score (nSPS) is 12.3. The van der Waals surface area contributed by atoms with Crippen molar-refractivity contribution in [3.05, 3.63) is 23.3 Å².